The molecule has 1 N–H and O–H groups in total. The molecule has 0 heterocycles. The van der Waals surface area contributed by atoms with Crippen LogP contribution in [0.1, 0.15) is 16.7 Å². The molecular weight excluding hydrogens is 152 g/mol. The number of rotatable bonds is 0. The second kappa shape index (κ2) is 2.70. The maximum atomic E-state index is 9.44. The third-order valence-electron chi connectivity index (χ3n) is 2.45. The van der Waals surface area contributed by atoms with Crippen LogP contribution >= 0.6 is 0 Å². The van der Waals surface area contributed by atoms with E-state index in [-0.39, 0.29) is 0 Å². The molecule has 0 fully saturated rings. The smallest absolute Gasteiger partial charge is 0.114 e. The minimum absolute atomic E-state index is 0.470. The van der Waals surface area contributed by atoms with E-state index in [0.717, 1.165) is 15.4 Å². The van der Waals surface area contributed by atoms with Crippen LogP contribution in [0.15, 0.2) is 6.07 Å². The van der Waals surface area contributed by atoms with Gasteiger partial charge in [-0.1, -0.05) is 0 Å². The van der Waals surface area contributed by atoms with Gasteiger partial charge in [0.1, 0.15) is 5.75 Å². The summed E-state index contributed by atoms with van der Waals surface area (Å²) in [5.74, 6) is 0.470. The molecule has 2 heteroatoms. The normalized spacial score (nSPS) is 10.5. The van der Waals surface area contributed by atoms with Crippen LogP contribution in [0.4, 0.5) is 0 Å². The zero-order valence-corrected chi connectivity index (χ0v) is 9.52. The lowest BCUT2D eigenvalue weighted by Gasteiger charge is -2.09. The van der Waals surface area contributed by atoms with Crippen LogP contribution in [-0.2, 0) is 0 Å². The first kappa shape index (κ1) is 8.33. The Hall–Kier alpha value is -0.763. The largest absolute Gasteiger partial charge is 0.508 e. The molecule has 0 aromatic heterocycles. The summed E-state index contributed by atoms with van der Waals surface area (Å²) in [4.78, 5) is 0. The number of hydrogen-bond donors (Lipinski definition) is 1. The summed E-state index contributed by atoms with van der Waals surface area (Å²) < 4.78 is 0. The molecule has 0 unspecified atom stereocenters. The third-order valence-corrected chi connectivity index (χ3v) is 3.72. The fraction of sp³-hybridized carbons (Fsp3) is 0.333. The predicted octanol–water partition coefficient (Wildman–Crippen LogP) is 0.308. The van der Waals surface area contributed by atoms with E-state index < -0.39 is 0 Å². The Balaban J connectivity index is 3.46. The molecule has 0 atom stereocenters. The molecule has 1 aromatic rings. The molecule has 0 amide bonds. The van der Waals surface area contributed by atoms with Gasteiger partial charge < -0.3 is 5.11 Å². The number of aromatic hydroxyl groups is 1. The van der Waals surface area contributed by atoms with E-state index >= 15 is 0 Å². The highest BCUT2D eigenvalue weighted by Gasteiger charge is 2.04. The van der Waals surface area contributed by atoms with Gasteiger partial charge in [-0.15, -0.1) is 0 Å². The summed E-state index contributed by atoms with van der Waals surface area (Å²) >= 11 is 0. The van der Waals surface area contributed by atoms with Gasteiger partial charge in [-0.05, 0) is 48.7 Å². The Morgan fingerprint density at radius 2 is 1.73 bits per heavy atom. The maximum Gasteiger partial charge on any atom is 0.114 e. The van der Waals surface area contributed by atoms with Gasteiger partial charge in [0.25, 0.3) is 0 Å². The number of phenolic OH excluding ortho intramolecular Hbond substituents is 1. The van der Waals surface area contributed by atoms with Crippen LogP contribution in [0.2, 0.25) is 0 Å². The summed E-state index contributed by atoms with van der Waals surface area (Å²) in [6.45, 7) is 6.21. The molecular formula is C9H14OSi. The van der Waals surface area contributed by atoms with Gasteiger partial charge in [0.15, 0.2) is 0 Å². The summed E-state index contributed by atoms with van der Waals surface area (Å²) in [5, 5.41) is 10.6. The van der Waals surface area contributed by atoms with Crippen molar-refractivity contribution in [1.29, 1.82) is 0 Å². The lowest BCUT2D eigenvalue weighted by atomic mass is 10.0. The highest BCUT2D eigenvalue weighted by Crippen LogP contribution is 2.16. The predicted molar refractivity (Wildman–Crippen MR) is 51.9 cm³/mol. The lowest BCUT2D eigenvalue weighted by Crippen LogP contribution is -2.10. The molecule has 60 valence electrons. The lowest BCUT2D eigenvalue weighted by molar-refractivity contribution is 0.478. The first-order valence-electron chi connectivity index (χ1n) is 3.80. The third kappa shape index (κ3) is 1.31. The molecule has 0 spiro atoms. The zero-order chi connectivity index (χ0) is 8.59. The second-order valence-electron chi connectivity index (χ2n) is 3.09. The Morgan fingerprint density at radius 3 is 2.27 bits per heavy atom. The molecule has 1 rings (SSSR count). The number of phenols is 1. The average Bonchev–Trinajstić information content (AvgIpc) is 1.97. The van der Waals surface area contributed by atoms with E-state index in [2.05, 4.69) is 13.8 Å². The van der Waals surface area contributed by atoms with Crippen LogP contribution in [-0.4, -0.2) is 15.3 Å². The van der Waals surface area contributed by atoms with Crippen molar-refractivity contribution in [2.75, 3.05) is 0 Å². The fourth-order valence-corrected chi connectivity index (χ4v) is 1.71. The average molecular weight is 166 g/mol. The molecule has 0 aliphatic heterocycles. The van der Waals surface area contributed by atoms with Gasteiger partial charge in [0.05, 0.1) is 0 Å². The first-order chi connectivity index (χ1) is 5.04. The minimum atomic E-state index is 0.470. The van der Waals surface area contributed by atoms with Crippen molar-refractivity contribution in [2.24, 2.45) is 0 Å². The van der Waals surface area contributed by atoms with Gasteiger partial charge >= 0.3 is 0 Å². The Kier molecular flexibility index (Phi) is 2.05. The molecule has 0 aliphatic rings. The molecule has 1 nitrogen and oxygen atoms in total. The summed E-state index contributed by atoms with van der Waals surface area (Å²) in [6, 6.07) is 1.85. The van der Waals surface area contributed by atoms with Gasteiger partial charge in [0.2, 0.25) is 0 Å². The van der Waals surface area contributed by atoms with Crippen molar-refractivity contribution in [3.63, 3.8) is 0 Å². The van der Waals surface area contributed by atoms with Gasteiger partial charge in [-0.3, -0.25) is 0 Å². The van der Waals surface area contributed by atoms with Crippen LogP contribution in [0.3, 0.4) is 0 Å². The molecule has 0 aliphatic carbocycles. The van der Waals surface area contributed by atoms with E-state index in [0.29, 0.717) is 5.75 Å². The second-order valence-corrected chi connectivity index (χ2v) is 4.09. The maximum absolute atomic E-state index is 9.44. The van der Waals surface area contributed by atoms with Crippen LogP contribution in [0.25, 0.3) is 0 Å². The van der Waals surface area contributed by atoms with Crippen molar-refractivity contribution in [3.8, 4) is 5.75 Å². The highest BCUT2D eigenvalue weighted by atomic mass is 28.1. The SMILES string of the molecule is Cc1cc(O)c([SiH3])c(C)c1C. The molecule has 0 radical (unpaired) electrons. The van der Waals surface area contributed by atoms with Gasteiger partial charge in [-0.2, -0.15) is 0 Å². The van der Waals surface area contributed by atoms with Crippen molar-refractivity contribution in [2.45, 2.75) is 20.8 Å². The summed E-state index contributed by atoms with van der Waals surface area (Å²) in [5.41, 5.74) is 3.75. The number of aryl methyl sites for hydroxylation is 1. The highest BCUT2D eigenvalue weighted by molar-refractivity contribution is 6.35. The van der Waals surface area contributed by atoms with E-state index in [1.165, 1.54) is 16.7 Å². The fourth-order valence-electron chi connectivity index (χ4n) is 1.19. The van der Waals surface area contributed by atoms with Crippen LogP contribution in [0, 0.1) is 20.8 Å². The molecule has 0 saturated heterocycles. The van der Waals surface area contributed by atoms with Gasteiger partial charge in [0, 0.05) is 10.2 Å². The van der Waals surface area contributed by atoms with Crippen molar-refractivity contribution in [1.82, 2.24) is 0 Å². The standard InChI is InChI=1S/C9H14OSi/c1-5-4-8(10)9(11)7(3)6(5)2/h4,10H,1-3,11H3. The molecule has 0 saturated carbocycles. The quantitative estimate of drug-likeness (QED) is 0.550. The van der Waals surface area contributed by atoms with E-state index in [1.807, 2.05) is 13.0 Å². The van der Waals surface area contributed by atoms with Crippen molar-refractivity contribution >= 4 is 15.4 Å². The van der Waals surface area contributed by atoms with E-state index in [1.54, 1.807) is 0 Å². The van der Waals surface area contributed by atoms with Crippen molar-refractivity contribution < 1.29 is 5.11 Å². The van der Waals surface area contributed by atoms with Crippen LogP contribution < -0.4 is 5.19 Å². The molecule has 11 heavy (non-hydrogen) atoms. The Labute approximate surface area is 70.5 Å². The van der Waals surface area contributed by atoms with E-state index in [4.69, 9.17) is 0 Å². The number of hydrogen-bond acceptors (Lipinski definition) is 1. The summed E-state index contributed by atoms with van der Waals surface area (Å²) in [7, 11) is 0.925. The minimum Gasteiger partial charge on any atom is -0.508 e. The molecule has 1 aromatic carbocycles. The van der Waals surface area contributed by atoms with Gasteiger partial charge in [-0.25, -0.2) is 0 Å². The Bertz CT molecular complexity index is 266. The molecule has 0 bridgehead atoms. The Morgan fingerprint density at radius 1 is 1.18 bits per heavy atom. The summed E-state index contributed by atoms with van der Waals surface area (Å²) in [6.07, 6.45) is 0. The first-order valence-corrected chi connectivity index (χ1v) is 4.80. The van der Waals surface area contributed by atoms with Crippen molar-refractivity contribution in [3.05, 3.63) is 22.8 Å². The monoisotopic (exact) mass is 166 g/mol. The van der Waals surface area contributed by atoms with Crippen LogP contribution in [0.5, 0.6) is 5.75 Å². The number of benzene rings is 1. The topological polar surface area (TPSA) is 20.2 Å². The zero-order valence-electron chi connectivity index (χ0n) is 7.52. The van der Waals surface area contributed by atoms with E-state index in [9.17, 15) is 5.11 Å².